The minimum Gasteiger partial charge on any atom is -0.467 e. The smallest absolute Gasteiger partial charge is 0.188 e. The quantitative estimate of drug-likeness (QED) is 0.591. The molecule has 1 fully saturated rings. The Morgan fingerprint density at radius 2 is 1.71 bits per heavy atom. The molecule has 1 unspecified atom stereocenters. The molecular weight excluding hydrogens is 317 g/mol. The van der Waals surface area contributed by atoms with E-state index in [1.54, 1.807) is 7.11 Å². The zero-order valence-electron chi connectivity index (χ0n) is 14.5. The van der Waals surface area contributed by atoms with Crippen LogP contribution < -0.4 is 20.2 Å². The van der Waals surface area contributed by atoms with E-state index in [-0.39, 0.29) is 6.79 Å². The number of anilines is 1. The summed E-state index contributed by atoms with van der Waals surface area (Å²) in [5.74, 6) is 0.964. The Kier molecular flexibility index (Phi) is 6.12. The lowest BCUT2D eigenvalue weighted by Crippen LogP contribution is -2.32. The molecule has 128 valence electrons. The molecule has 24 heavy (non-hydrogen) atoms. The van der Waals surface area contributed by atoms with Crippen molar-refractivity contribution in [3.05, 3.63) is 48.0 Å². The second kappa shape index (κ2) is 8.50. The van der Waals surface area contributed by atoms with E-state index >= 15 is 0 Å². The zero-order chi connectivity index (χ0) is 16.8. The number of piperidine rings is 1. The normalized spacial score (nSPS) is 15.2. The van der Waals surface area contributed by atoms with Crippen molar-refractivity contribution in [1.29, 1.82) is 0 Å². The Balaban J connectivity index is 1.87. The van der Waals surface area contributed by atoms with E-state index in [0.29, 0.717) is 8.58 Å². The highest BCUT2D eigenvalue weighted by molar-refractivity contribution is 7.56. The van der Waals surface area contributed by atoms with Crippen molar-refractivity contribution in [1.82, 2.24) is 0 Å². The largest absolute Gasteiger partial charge is 0.467 e. The zero-order valence-corrected chi connectivity index (χ0v) is 15.5. The number of aryl methyl sites for hydroxylation is 1. The highest BCUT2D eigenvalue weighted by atomic mass is 31.1. The van der Waals surface area contributed by atoms with Crippen LogP contribution in [0, 0.1) is 6.92 Å². The van der Waals surface area contributed by atoms with Crippen LogP contribution in [0.2, 0.25) is 0 Å². The molecule has 0 amide bonds. The Morgan fingerprint density at radius 3 is 2.50 bits per heavy atom. The molecule has 0 bridgehead atoms. The lowest BCUT2D eigenvalue weighted by molar-refractivity contribution is 0.0514. The van der Waals surface area contributed by atoms with Gasteiger partial charge in [-0.05, 0) is 37.8 Å². The van der Waals surface area contributed by atoms with E-state index in [0.717, 1.165) is 11.3 Å². The average molecular weight is 343 g/mol. The van der Waals surface area contributed by atoms with Gasteiger partial charge in [0.25, 0.3) is 0 Å². The molecule has 1 aliphatic rings. The second-order valence-corrected chi connectivity index (χ2v) is 7.52. The molecule has 0 spiro atoms. The Hall–Kier alpha value is -1.57. The van der Waals surface area contributed by atoms with Crippen LogP contribution >= 0.6 is 8.58 Å². The first-order valence-corrected chi connectivity index (χ1v) is 9.62. The van der Waals surface area contributed by atoms with Crippen molar-refractivity contribution in [2.45, 2.75) is 26.2 Å². The number of methoxy groups -OCH3 is 1. The van der Waals surface area contributed by atoms with Crippen molar-refractivity contribution < 1.29 is 9.47 Å². The maximum absolute atomic E-state index is 5.85. The van der Waals surface area contributed by atoms with E-state index < -0.39 is 0 Å². The summed E-state index contributed by atoms with van der Waals surface area (Å²) in [7, 11) is 2.24. The summed E-state index contributed by atoms with van der Waals surface area (Å²) in [4.78, 5) is 2.54. The van der Waals surface area contributed by atoms with Gasteiger partial charge in [0, 0.05) is 36.5 Å². The van der Waals surface area contributed by atoms with Crippen molar-refractivity contribution in [3.8, 4) is 5.75 Å². The summed E-state index contributed by atoms with van der Waals surface area (Å²) >= 11 is 0. The van der Waals surface area contributed by atoms with E-state index in [1.165, 1.54) is 48.6 Å². The number of ether oxygens (including phenoxy) is 2. The Bertz CT molecular complexity index is 668. The number of benzene rings is 2. The van der Waals surface area contributed by atoms with Crippen LogP contribution in [0.15, 0.2) is 42.5 Å². The lowest BCUT2D eigenvalue weighted by Gasteiger charge is -2.30. The van der Waals surface area contributed by atoms with Crippen LogP contribution in [0.5, 0.6) is 5.75 Å². The molecule has 1 heterocycles. The van der Waals surface area contributed by atoms with Crippen LogP contribution in [-0.2, 0) is 4.74 Å². The maximum Gasteiger partial charge on any atom is 0.188 e. The van der Waals surface area contributed by atoms with Crippen LogP contribution in [0.25, 0.3) is 0 Å². The highest BCUT2D eigenvalue weighted by Gasteiger charge is 2.16. The van der Waals surface area contributed by atoms with E-state index in [1.807, 2.05) is 0 Å². The molecule has 0 aliphatic carbocycles. The fourth-order valence-electron chi connectivity index (χ4n) is 3.20. The van der Waals surface area contributed by atoms with Crippen molar-refractivity contribution in [2.24, 2.45) is 0 Å². The molecule has 4 heteroatoms. The minimum atomic E-state index is 0.288. The first-order valence-electron chi connectivity index (χ1n) is 8.62. The van der Waals surface area contributed by atoms with Crippen LogP contribution in [-0.4, -0.2) is 27.0 Å². The van der Waals surface area contributed by atoms with Crippen LogP contribution in [0.4, 0.5) is 5.69 Å². The molecule has 2 aromatic rings. The van der Waals surface area contributed by atoms with Crippen LogP contribution in [0.3, 0.4) is 0 Å². The monoisotopic (exact) mass is 343 g/mol. The molecular formula is C20H26NO2P. The third-order valence-corrected chi connectivity index (χ3v) is 5.76. The molecule has 0 saturated carbocycles. The molecule has 2 aromatic carbocycles. The third kappa shape index (κ3) is 4.09. The van der Waals surface area contributed by atoms with Crippen molar-refractivity contribution in [3.63, 3.8) is 0 Å². The number of para-hydroxylation sites is 2. The molecule has 0 radical (unpaired) electrons. The Morgan fingerprint density at radius 1 is 0.958 bits per heavy atom. The van der Waals surface area contributed by atoms with Gasteiger partial charge in [-0.3, -0.25) is 0 Å². The van der Waals surface area contributed by atoms with E-state index in [9.17, 15) is 0 Å². The van der Waals surface area contributed by atoms with Crippen molar-refractivity contribution >= 4 is 24.9 Å². The Labute approximate surface area is 146 Å². The SMILES string of the molecule is COCOc1c(C)cccc1Pc1ccccc1N1CCCCC1. The predicted octanol–water partition coefficient (Wildman–Crippen LogP) is 3.60. The first-order chi connectivity index (χ1) is 11.8. The average Bonchev–Trinajstić information content (AvgIpc) is 2.62. The fraction of sp³-hybridized carbons (Fsp3) is 0.400. The number of rotatable bonds is 6. The standard InChI is InChI=1S/C20H26NO2P/c1-16-9-8-12-19(20(16)23-15-22-2)24-18-11-5-4-10-17(18)21-13-6-3-7-14-21/h4-5,8-12,24H,3,6-7,13-15H2,1-2H3. The lowest BCUT2D eigenvalue weighted by atomic mass is 10.1. The van der Waals surface area contributed by atoms with Gasteiger partial charge in [-0.15, -0.1) is 0 Å². The first kappa shape index (κ1) is 17.3. The second-order valence-electron chi connectivity index (χ2n) is 6.19. The maximum atomic E-state index is 5.85. The summed E-state index contributed by atoms with van der Waals surface area (Å²) in [6.45, 7) is 4.72. The van der Waals surface area contributed by atoms with E-state index in [2.05, 4.69) is 54.3 Å². The fourth-order valence-corrected chi connectivity index (χ4v) is 4.60. The summed E-state index contributed by atoms with van der Waals surface area (Å²) < 4.78 is 10.9. The summed E-state index contributed by atoms with van der Waals surface area (Å²) in [6, 6.07) is 15.2. The number of hydrogen-bond acceptors (Lipinski definition) is 3. The molecule has 0 N–H and O–H groups in total. The summed E-state index contributed by atoms with van der Waals surface area (Å²) in [5, 5.41) is 2.64. The van der Waals surface area contributed by atoms with Gasteiger partial charge in [0.15, 0.2) is 6.79 Å². The summed E-state index contributed by atoms with van der Waals surface area (Å²) in [5.41, 5.74) is 2.54. The van der Waals surface area contributed by atoms with Crippen LogP contribution in [0.1, 0.15) is 24.8 Å². The van der Waals surface area contributed by atoms with Gasteiger partial charge >= 0.3 is 0 Å². The molecule has 3 rings (SSSR count). The molecule has 1 atom stereocenters. The molecule has 1 aliphatic heterocycles. The third-order valence-electron chi connectivity index (χ3n) is 4.40. The summed E-state index contributed by atoms with van der Waals surface area (Å²) in [6.07, 6.45) is 3.95. The topological polar surface area (TPSA) is 21.7 Å². The van der Waals surface area contributed by atoms with Gasteiger partial charge in [-0.1, -0.05) is 45.0 Å². The van der Waals surface area contributed by atoms with E-state index in [4.69, 9.17) is 9.47 Å². The van der Waals surface area contributed by atoms with Gasteiger partial charge in [0.05, 0.1) is 0 Å². The van der Waals surface area contributed by atoms with Gasteiger partial charge in [0.1, 0.15) is 5.75 Å². The van der Waals surface area contributed by atoms with Gasteiger partial charge in [0.2, 0.25) is 0 Å². The van der Waals surface area contributed by atoms with Gasteiger partial charge in [-0.25, -0.2) is 0 Å². The van der Waals surface area contributed by atoms with Gasteiger partial charge in [-0.2, -0.15) is 0 Å². The number of nitrogens with zero attached hydrogens (tertiary/aromatic N) is 1. The molecule has 0 aromatic heterocycles. The van der Waals surface area contributed by atoms with Gasteiger partial charge < -0.3 is 14.4 Å². The number of hydrogen-bond donors (Lipinski definition) is 0. The molecule has 1 saturated heterocycles. The minimum absolute atomic E-state index is 0.288. The predicted molar refractivity (Wildman–Crippen MR) is 104 cm³/mol. The molecule has 3 nitrogen and oxygen atoms in total. The highest BCUT2D eigenvalue weighted by Crippen LogP contribution is 2.28. The van der Waals surface area contributed by atoms with Crippen molar-refractivity contribution in [2.75, 3.05) is 31.9 Å².